The fraction of sp³-hybridized carbons (Fsp3) is 0.111. The monoisotopic (exact) mass is 277 g/mol. The lowest BCUT2D eigenvalue weighted by molar-refractivity contribution is 0.0600. The molecule has 0 bridgehead atoms. The summed E-state index contributed by atoms with van der Waals surface area (Å²) >= 11 is 0. The van der Waals surface area contributed by atoms with Crippen molar-refractivity contribution in [2.45, 2.75) is 6.92 Å². The average Bonchev–Trinajstić information content (AvgIpc) is 2.55. The lowest BCUT2D eigenvalue weighted by Gasteiger charge is -2.13. The van der Waals surface area contributed by atoms with E-state index in [4.69, 9.17) is 4.74 Å². The SMILES string of the molecule is COC(=O)c1c(-c2ccccc2)nc2ccccc2c1C. The van der Waals surface area contributed by atoms with Crippen LogP contribution >= 0.6 is 0 Å². The summed E-state index contributed by atoms with van der Waals surface area (Å²) in [6, 6.07) is 17.5. The van der Waals surface area contributed by atoms with E-state index >= 15 is 0 Å². The number of esters is 1. The summed E-state index contributed by atoms with van der Waals surface area (Å²) in [6.45, 7) is 1.93. The molecular weight excluding hydrogens is 262 g/mol. The predicted molar refractivity (Wildman–Crippen MR) is 83.3 cm³/mol. The highest BCUT2D eigenvalue weighted by Crippen LogP contribution is 2.30. The number of para-hydroxylation sites is 1. The van der Waals surface area contributed by atoms with E-state index in [1.165, 1.54) is 7.11 Å². The van der Waals surface area contributed by atoms with Gasteiger partial charge in [-0.2, -0.15) is 0 Å². The number of aromatic nitrogens is 1. The number of fused-ring (bicyclic) bond motifs is 1. The molecule has 3 rings (SSSR count). The van der Waals surface area contributed by atoms with Crippen LogP contribution in [0.1, 0.15) is 15.9 Å². The Hall–Kier alpha value is -2.68. The van der Waals surface area contributed by atoms with Crippen molar-refractivity contribution in [1.29, 1.82) is 0 Å². The van der Waals surface area contributed by atoms with Gasteiger partial charge in [-0.05, 0) is 18.6 Å². The molecule has 3 aromatic rings. The quantitative estimate of drug-likeness (QED) is 0.665. The van der Waals surface area contributed by atoms with Crippen LogP contribution in [0, 0.1) is 6.92 Å². The minimum atomic E-state index is -0.357. The van der Waals surface area contributed by atoms with Gasteiger partial charge in [0.25, 0.3) is 0 Å². The van der Waals surface area contributed by atoms with Crippen molar-refractivity contribution < 1.29 is 9.53 Å². The van der Waals surface area contributed by atoms with Crippen LogP contribution in [0.5, 0.6) is 0 Å². The van der Waals surface area contributed by atoms with Gasteiger partial charge in [-0.15, -0.1) is 0 Å². The number of carbonyl (C=O) groups excluding carboxylic acids is 1. The molecule has 0 atom stereocenters. The minimum absolute atomic E-state index is 0.357. The Morgan fingerprint density at radius 1 is 1.00 bits per heavy atom. The van der Waals surface area contributed by atoms with E-state index in [0.29, 0.717) is 11.3 Å². The maximum Gasteiger partial charge on any atom is 0.340 e. The summed E-state index contributed by atoms with van der Waals surface area (Å²) in [4.78, 5) is 16.9. The van der Waals surface area contributed by atoms with Gasteiger partial charge >= 0.3 is 5.97 Å². The molecule has 0 saturated heterocycles. The van der Waals surface area contributed by atoms with Gasteiger partial charge in [-0.25, -0.2) is 9.78 Å². The molecule has 0 fully saturated rings. The molecule has 1 heterocycles. The van der Waals surface area contributed by atoms with Crippen LogP contribution in [0.2, 0.25) is 0 Å². The molecule has 2 aromatic carbocycles. The molecule has 0 aliphatic rings. The predicted octanol–water partition coefficient (Wildman–Crippen LogP) is 4.00. The molecular formula is C18H15NO2. The van der Waals surface area contributed by atoms with Crippen LogP contribution in [-0.2, 0) is 4.74 Å². The number of carbonyl (C=O) groups is 1. The summed E-state index contributed by atoms with van der Waals surface area (Å²) in [6.07, 6.45) is 0. The highest BCUT2D eigenvalue weighted by molar-refractivity contribution is 6.03. The van der Waals surface area contributed by atoms with E-state index in [9.17, 15) is 4.79 Å². The van der Waals surface area contributed by atoms with Gasteiger partial charge in [0.05, 0.1) is 23.9 Å². The van der Waals surface area contributed by atoms with Crippen molar-refractivity contribution in [1.82, 2.24) is 4.98 Å². The van der Waals surface area contributed by atoms with Gasteiger partial charge in [0.2, 0.25) is 0 Å². The third-order valence-corrected chi connectivity index (χ3v) is 3.59. The Labute approximate surface area is 123 Å². The van der Waals surface area contributed by atoms with E-state index in [1.54, 1.807) is 0 Å². The maximum atomic E-state index is 12.2. The lowest BCUT2D eigenvalue weighted by atomic mass is 9.98. The fourth-order valence-corrected chi connectivity index (χ4v) is 2.53. The Morgan fingerprint density at radius 2 is 1.67 bits per heavy atom. The largest absolute Gasteiger partial charge is 0.465 e. The van der Waals surface area contributed by atoms with Gasteiger partial charge in [0.15, 0.2) is 0 Å². The molecule has 0 aliphatic carbocycles. The first-order valence-electron chi connectivity index (χ1n) is 6.75. The van der Waals surface area contributed by atoms with Crippen molar-refractivity contribution in [2.24, 2.45) is 0 Å². The maximum absolute atomic E-state index is 12.2. The fourth-order valence-electron chi connectivity index (χ4n) is 2.53. The number of hydrogen-bond donors (Lipinski definition) is 0. The zero-order valence-corrected chi connectivity index (χ0v) is 12.0. The van der Waals surface area contributed by atoms with Crippen molar-refractivity contribution >= 4 is 16.9 Å². The molecule has 3 heteroatoms. The molecule has 0 saturated carbocycles. The molecule has 21 heavy (non-hydrogen) atoms. The molecule has 0 amide bonds. The average molecular weight is 277 g/mol. The second-order valence-electron chi connectivity index (χ2n) is 4.84. The van der Waals surface area contributed by atoms with Gasteiger partial charge in [0, 0.05) is 10.9 Å². The van der Waals surface area contributed by atoms with Gasteiger partial charge in [0.1, 0.15) is 0 Å². The number of ether oxygens (including phenoxy) is 1. The lowest BCUT2D eigenvalue weighted by Crippen LogP contribution is -2.08. The van der Waals surface area contributed by atoms with Crippen LogP contribution in [-0.4, -0.2) is 18.1 Å². The number of methoxy groups -OCH3 is 1. The van der Waals surface area contributed by atoms with E-state index in [2.05, 4.69) is 4.98 Å². The molecule has 0 radical (unpaired) electrons. The first kappa shape index (κ1) is 13.3. The van der Waals surface area contributed by atoms with Crippen molar-refractivity contribution in [3.63, 3.8) is 0 Å². The number of nitrogens with zero attached hydrogens (tertiary/aromatic N) is 1. The van der Waals surface area contributed by atoms with Crippen molar-refractivity contribution in [3.8, 4) is 11.3 Å². The Balaban J connectivity index is 2.39. The standard InChI is InChI=1S/C18H15NO2/c1-12-14-10-6-7-11-15(14)19-17(16(12)18(20)21-2)13-8-4-3-5-9-13/h3-11H,1-2H3. The second-order valence-corrected chi connectivity index (χ2v) is 4.84. The molecule has 0 spiro atoms. The topological polar surface area (TPSA) is 39.2 Å². The van der Waals surface area contributed by atoms with E-state index in [-0.39, 0.29) is 5.97 Å². The van der Waals surface area contributed by atoms with Crippen molar-refractivity contribution in [2.75, 3.05) is 7.11 Å². The third kappa shape index (κ3) is 2.27. The summed E-state index contributed by atoms with van der Waals surface area (Å²) < 4.78 is 4.95. The number of hydrogen-bond acceptors (Lipinski definition) is 3. The number of aryl methyl sites for hydroxylation is 1. The highest BCUT2D eigenvalue weighted by Gasteiger charge is 2.20. The van der Waals surface area contributed by atoms with Gasteiger partial charge < -0.3 is 4.74 Å². The van der Waals surface area contributed by atoms with Gasteiger partial charge in [-0.3, -0.25) is 0 Å². The first-order valence-corrected chi connectivity index (χ1v) is 6.75. The Kier molecular flexibility index (Phi) is 3.40. The molecule has 1 aromatic heterocycles. The van der Waals surface area contributed by atoms with Crippen LogP contribution < -0.4 is 0 Å². The normalized spacial score (nSPS) is 10.6. The minimum Gasteiger partial charge on any atom is -0.465 e. The van der Waals surface area contributed by atoms with E-state index < -0.39 is 0 Å². The number of rotatable bonds is 2. The molecule has 3 nitrogen and oxygen atoms in total. The summed E-state index contributed by atoms with van der Waals surface area (Å²) in [7, 11) is 1.39. The smallest absolute Gasteiger partial charge is 0.340 e. The third-order valence-electron chi connectivity index (χ3n) is 3.59. The van der Waals surface area contributed by atoms with Crippen LogP contribution in [0.4, 0.5) is 0 Å². The Bertz CT molecular complexity index is 810. The molecule has 0 aliphatic heterocycles. The zero-order chi connectivity index (χ0) is 14.8. The second kappa shape index (κ2) is 5.37. The first-order chi connectivity index (χ1) is 10.2. The molecule has 104 valence electrons. The van der Waals surface area contributed by atoms with Crippen LogP contribution in [0.3, 0.4) is 0 Å². The van der Waals surface area contributed by atoms with E-state index in [0.717, 1.165) is 22.0 Å². The number of benzene rings is 2. The summed E-state index contributed by atoms with van der Waals surface area (Å²) in [5.41, 5.74) is 3.88. The van der Waals surface area contributed by atoms with Crippen LogP contribution in [0.15, 0.2) is 54.6 Å². The molecule has 0 unspecified atom stereocenters. The number of pyridine rings is 1. The van der Waals surface area contributed by atoms with Gasteiger partial charge in [-0.1, -0.05) is 48.5 Å². The summed E-state index contributed by atoms with van der Waals surface area (Å²) in [5, 5.41) is 0.970. The Morgan fingerprint density at radius 3 is 2.38 bits per heavy atom. The van der Waals surface area contributed by atoms with E-state index in [1.807, 2.05) is 61.5 Å². The van der Waals surface area contributed by atoms with Crippen molar-refractivity contribution in [3.05, 3.63) is 65.7 Å². The van der Waals surface area contributed by atoms with Crippen LogP contribution in [0.25, 0.3) is 22.2 Å². The highest BCUT2D eigenvalue weighted by atomic mass is 16.5. The molecule has 0 N–H and O–H groups in total. The summed E-state index contributed by atoms with van der Waals surface area (Å²) in [5.74, 6) is -0.357. The zero-order valence-electron chi connectivity index (χ0n) is 12.0.